The standard InChI is InChI=1S/C29H41NO4/c1-7-27(3,33)18-19-28(4)20(2)15-16-23-22(28)14-11-17-29(23,5)26(32)30-24(25(31)34-6)21-12-9-8-10-13-21/h7-10,12-14,20,23-24,33H,1,11,15-19H2,2-6H3,(H,30,32)/t20-,23+,24+,27+,28+,29+/m1/s1. The zero-order valence-electron chi connectivity index (χ0n) is 21.4. The molecule has 1 fully saturated rings. The third kappa shape index (κ3) is 5.00. The van der Waals surface area contributed by atoms with Gasteiger partial charge in [0.2, 0.25) is 5.91 Å². The highest BCUT2D eigenvalue weighted by Gasteiger charge is 2.53. The summed E-state index contributed by atoms with van der Waals surface area (Å²) in [5.41, 5.74) is 0.428. The van der Waals surface area contributed by atoms with Crippen LogP contribution in [-0.2, 0) is 14.3 Å². The van der Waals surface area contributed by atoms with Gasteiger partial charge in [-0.25, -0.2) is 4.79 Å². The molecule has 1 saturated carbocycles. The molecule has 0 heterocycles. The lowest BCUT2D eigenvalue weighted by molar-refractivity contribution is -0.148. The van der Waals surface area contributed by atoms with Gasteiger partial charge >= 0.3 is 5.97 Å². The second kappa shape index (κ2) is 10.1. The summed E-state index contributed by atoms with van der Waals surface area (Å²) in [5.74, 6) is -0.0146. The SMILES string of the molecule is C=C[C@](C)(O)CC[C@]1(C)C2=CCC[C@](C)(C(=O)N[C@H](C(=O)OC)c3ccccc3)[C@H]2CC[C@H]1C. The zero-order valence-corrected chi connectivity index (χ0v) is 21.4. The van der Waals surface area contributed by atoms with E-state index in [1.54, 1.807) is 13.0 Å². The lowest BCUT2D eigenvalue weighted by atomic mass is 9.51. The van der Waals surface area contributed by atoms with Crippen molar-refractivity contribution in [3.8, 4) is 0 Å². The smallest absolute Gasteiger partial charge is 0.333 e. The van der Waals surface area contributed by atoms with Gasteiger partial charge in [-0.15, -0.1) is 6.58 Å². The van der Waals surface area contributed by atoms with Crippen LogP contribution in [0.4, 0.5) is 0 Å². The van der Waals surface area contributed by atoms with E-state index in [0.717, 1.165) is 32.1 Å². The molecule has 0 aromatic heterocycles. The van der Waals surface area contributed by atoms with E-state index >= 15 is 0 Å². The molecule has 0 spiro atoms. The summed E-state index contributed by atoms with van der Waals surface area (Å²) in [5, 5.41) is 13.6. The molecule has 2 N–H and O–H groups in total. The fraction of sp³-hybridized carbons (Fsp3) is 0.586. The van der Waals surface area contributed by atoms with Gasteiger partial charge < -0.3 is 15.2 Å². The van der Waals surface area contributed by atoms with Crippen molar-refractivity contribution in [1.29, 1.82) is 0 Å². The first-order valence-electron chi connectivity index (χ1n) is 12.5. The van der Waals surface area contributed by atoms with Gasteiger partial charge in [0.15, 0.2) is 6.04 Å². The predicted molar refractivity (Wildman–Crippen MR) is 135 cm³/mol. The summed E-state index contributed by atoms with van der Waals surface area (Å²) in [6.45, 7) is 12.2. The lowest BCUT2D eigenvalue weighted by Crippen LogP contribution is -2.52. The second-order valence-electron chi connectivity index (χ2n) is 11.0. The van der Waals surface area contributed by atoms with E-state index in [4.69, 9.17) is 4.74 Å². The van der Waals surface area contributed by atoms with Crippen LogP contribution in [-0.4, -0.2) is 29.7 Å². The Bertz CT molecular complexity index is 937. The van der Waals surface area contributed by atoms with Crippen molar-refractivity contribution in [1.82, 2.24) is 5.32 Å². The molecule has 5 nitrogen and oxygen atoms in total. The van der Waals surface area contributed by atoms with Gasteiger partial charge in [0.25, 0.3) is 0 Å². The van der Waals surface area contributed by atoms with E-state index in [1.807, 2.05) is 30.3 Å². The number of methoxy groups -OCH3 is 1. The number of esters is 1. The number of rotatable bonds is 8. The predicted octanol–water partition coefficient (Wildman–Crippen LogP) is 5.51. The highest BCUT2D eigenvalue weighted by atomic mass is 16.5. The Kier molecular flexibility index (Phi) is 7.76. The van der Waals surface area contributed by atoms with E-state index < -0.39 is 23.0 Å². The van der Waals surface area contributed by atoms with Gasteiger partial charge in [-0.1, -0.05) is 68.8 Å². The van der Waals surface area contributed by atoms with Crippen molar-refractivity contribution >= 4 is 11.9 Å². The number of fused-ring (bicyclic) bond motifs is 1. The molecule has 0 bridgehead atoms. The molecule has 0 aliphatic heterocycles. The number of amides is 1. The second-order valence-corrected chi connectivity index (χ2v) is 11.0. The monoisotopic (exact) mass is 467 g/mol. The van der Waals surface area contributed by atoms with Crippen LogP contribution in [0.2, 0.25) is 0 Å². The van der Waals surface area contributed by atoms with Gasteiger partial charge in [0.1, 0.15) is 0 Å². The largest absolute Gasteiger partial charge is 0.467 e. The van der Waals surface area contributed by atoms with Crippen molar-refractivity contribution in [2.75, 3.05) is 7.11 Å². The Balaban J connectivity index is 1.88. The van der Waals surface area contributed by atoms with E-state index in [0.29, 0.717) is 17.9 Å². The van der Waals surface area contributed by atoms with E-state index in [1.165, 1.54) is 12.7 Å². The maximum Gasteiger partial charge on any atom is 0.333 e. The minimum atomic E-state index is -0.908. The number of carbonyl (C=O) groups is 2. The van der Waals surface area contributed by atoms with Crippen LogP contribution in [0.1, 0.15) is 77.8 Å². The Hall–Kier alpha value is -2.40. The first-order chi connectivity index (χ1) is 16.0. The molecular weight excluding hydrogens is 426 g/mol. The normalized spacial score (nSPS) is 31.3. The summed E-state index contributed by atoms with van der Waals surface area (Å²) < 4.78 is 5.02. The van der Waals surface area contributed by atoms with Crippen molar-refractivity contribution in [3.05, 3.63) is 60.2 Å². The number of benzene rings is 1. The van der Waals surface area contributed by atoms with Gasteiger partial charge in [-0.05, 0) is 68.3 Å². The summed E-state index contributed by atoms with van der Waals surface area (Å²) >= 11 is 0. The van der Waals surface area contributed by atoms with E-state index in [2.05, 4.69) is 38.7 Å². The van der Waals surface area contributed by atoms with Crippen LogP contribution < -0.4 is 5.32 Å². The Morgan fingerprint density at radius 2 is 1.97 bits per heavy atom. The maximum absolute atomic E-state index is 13.8. The third-order valence-electron chi connectivity index (χ3n) is 8.76. The molecule has 186 valence electrons. The zero-order chi connectivity index (χ0) is 25.1. The van der Waals surface area contributed by atoms with Crippen LogP contribution in [0, 0.1) is 22.7 Å². The van der Waals surface area contributed by atoms with Gasteiger partial charge in [-0.3, -0.25) is 4.79 Å². The summed E-state index contributed by atoms with van der Waals surface area (Å²) in [4.78, 5) is 26.4. The molecule has 2 aliphatic carbocycles. The van der Waals surface area contributed by atoms with Crippen LogP contribution in [0.5, 0.6) is 0 Å². The van der Waals surface area contributed by atoms with Crippen molar-refractivity contribution in [2.45, 2.75) is 77.9 Å². The number of ether oxygens (including phenoxy) is 1. The van der Waals surface area contributed by atoms with Crippen LogP contribution >= 0.6 is 0 Å². The maximum atomic E-state index is 13.8. The van der Waals surface area contributed by atoms with E-state index in [9.17, 15) is 14.7 Å². The van der Waals surface area contributed by atoms with Gasteiger partial charge in [0, 0.05) is 0 Å². The Labute approximate surface area is 204 Å². The quantitative estimate of drug-likeness (QED) is 0.390. The average Bonchev–Trinajstić information content (AvgIpc) is 2.84. The molecule has 2 aliphatic rings. The minimum absolute atomic E-state index is 0.0982. The van der Waals surface area contributed by atoms with Crippen molar-refractivity contribution in [3.63, 3.8) is 0 Å². The molecule has 34 heavy (non-hydrogen) atoms. The summed E-state index contributed by atoms with van der Waals surface area (Å²) in [6, 6.07) is 8.43. The minimum Gasteiger partial charge on any atom is -0.467 e. The topological polar surface area (TPSA) is 75.6 Å². The molecule has 3 rings (SSSR count). The summed E-state index contributed by atoms with van der Waals surface area (Å²) in [6.07, 6.45) is 8.95. The van der Waals surface area contributed by atoms with Crippen LogP contribution in [0.3, 0.4) is 0 Å². The first-order valence-corrected chi connectivity index (χ1v) is 12.5. The molecular formula is C29H41NO4. The number of carbonyl (C=O) groups excluding carboxylic acids is 2. The fourth-order valence-corrected chi connectivity index (χ4v) is 5.93. The van der Waals surface area contributed by atoms with Crippen molar-refractivity contribution in [2.24, 2.45) is 22.7 Å². The average molecular weight is 468 g/mol. The fourth-order valence-electron chi connectivity index (χ4n) is 5.93. The van der Waals surface area contributed by atoms with Gasteiger partial charge in [-0.2, -0.15) is 0 Å². The molecule has 1 aromatic rings. The number of hydrogen-bond donors (Lipinski definition) is 2. The molecule has 0 unspecified atom stereocenters. The van der Waals surface area contributed by atoms with Crippen LogP contribution in [0.25, 0.3) is 0 Å². The number of nitrogens with one attached hydrogen (secondary N) is 1. The lowest BCUT2D eigenvalue weighted by Gasteiger charge is -2.53. The number of allylic oxidation sites excluding steroid dienone is 2. The van der Waals surface area contributed by atoms with Crippen LogP contribution in [0.15, 0.2) is 54.6 Å². The number of hydrogen-bond acceptors (Lipinski definition) is 4. The van der Waals surface area contributed by atoms with Crippen molar-refractivity contribution < 1.29 is 19.4 Å². The molecule has 1 amide bonds. The molecule has 5 heteroatoms. The number of aliphatic hydroxyl groups is 1. The van der Waals surface area contributed by atoms with E-state index in [-0.39, 0.29) is 17.2 Å². The molecule has 1 aromatic carbocycles. The molecule has 0 saturated heterocycles. The first kappa shape index (κ1) is 26.2. The van der Waals surface area contributed by atoms with Gasteiger partial charge in [0.05, 0.1) is 18.1 Å². The summed E-state index contributed by atoms with van der Waals surface area (Å²) in [7, 11) is 1.35. The highest BCUT2D eigenvalue weighted by Crippen LogP contribution is 2.58. The highest BCUT2D eigenvalue weighted by molar-refractivity contribution is 5.89. The Morgan fingerprint density at radius 3 is 2.59 bits per heavy atom. The Morgan fingerprint density at radius 1 is 1.29 bits per heavy atom. The third-order valence-corrected chi connectivity index (χ3v) is 8.76. The molecule has 0 radical (unpaired) electrons. The molecule has 6 atom stereocenters.